The first kappa shape index (κ1) is 15.0. The van der Waals surface area contributed by atoms with Crippen LogP contribution < -0.4 is 16.6 Å². The molecule has 2 unspecified atom stereocenters. The van der Waals surface area contributed by atoms with E-state index in [9.17, 15) is 5.11 Å². The maximum Gasteiger partial charge on any atom is 0.148 e. The molecule has 0 amide bonds. The van der Waals surface area contributed by atoms with Gasteiger partial charge in [-0.3, -0.25) is 0 Å². The summed E-state index contributed by atoms with van der Waals surface area (Å²) < 4.78 is 0. The number of hydrazine groups is 1. The molecule has 1 aromatic heterocycles. The number of nitrogens with zero attached hydrogens (tertiary/aromatic N) is 2. The molecule has 1 aliphatic rings. The summed E-state index contributed by atoms with van der Waals surface area (Å²) in [5.41, 5.74) is 3.53. The largest absolute Gasteiger partial charge is 0.393 e. The summed E-state index contributed by atoms with van der Waals surface area (Å²) in [6.45, 7) is 4.69. The van der Waals surface area contributed by atoms with Gasteiger partial charge in [0.05, 0.1) is 6.10 Å². The summed E-state index contributed by atoms with van der Waals surface area (Å²) in [5, 5.41) is 13.4. The number of nitrogens with two attached hydrogens (primary N) is 1. The third-order valence-corrected chi connectivity index (χ3v) is 4.05. The number of rotatable bonds is 5. The van der Waals surface area contributed by atoms with Crippen molar-refractivity contribution in [2.24, 2.45) is 11.8 Å². The van der Waals surface area contributed by atoms with Gasteiger partial charge in [-0.15, -0.1) is 0 Å². The third kappa shape index (κ3) is 3.37. The molecule has 0 aromatic carbocycles. The standard InChI is InChI=1S/C14H25N5O/c1-3-12-17-13(9(2)14(18-12)19-15)16-8-10-6-4-5-7-11(10)20/h10-11,20H,3-8,15H2,1-2H3,(H2,16,17,18,19). The van der Waals surface area contributed by atoms with Gasteiger partial charge in [0.1, 0.15) is 17.5 Å². The van der Waals surface area contributed by atoms with Crippen molar-refractivity contribution in [1.29, 1.82) is 0 Å². The highest BCUT2D eigenvalue weighted by molar-refractivity contribution is 5.56. The van der Waals surface area contributed by atoms with Crippen molar-refractivity contribution < 1.29 is 5.11 Å². The highest BCUT2D eigenvalue weighted by atomic mass is 16.3. The first-order valence-corrected chi connectivity index (χ1v) is 7.41. The number of nitrogen functional groups attached to an aromatic ring is 1. The van der Waals surface area contributed by atoms with Crippen molar-refractivity contribution in [1.82, 2.24) is 9.97 Å². The van der Waals surface area contributed by atoms with Gasteiger partial charge in [0, 0.05) is 24.4 Å². The topological polar surface area (TPSA) is 96.1 Å². The van der Waals surface area contributed by atoms with Crippen LogP contribution in [0, 0.1) is 12.8 Å². The van der Waals surface area contributed by atoms with Crippen LogP contribution in [0.4, 0.5) is 11.6 Å². The molecule has 20 heavy (non-hydrogen) atoms. The van der Waals surface area contributed by atoms with E-state index in [0.717, 1.165) is 49.4 Å². The summed E-state index contributed by atoms with van der Waals surface area (Å²) in [7, 11) is 0. The lowest BCUT2D eigenvalue weighted by Crippen LogP contribution is -2.30. The fourth-order valence-corrected chi connectivity index (χ4v) is 2.69. The number of anilines is 2. The minimum Gasteiger partial charge on any atom is -0.393 e. The Bertz CT molecular complexity index is 451. The van der Waals surface area contributed by atoms with Gasteiger partial charge in [-0.25, -0.2) is 15.8 Å². The van der Waals surface area contributed by atoms with Gasteiger partial charge in [-0.05, 0) is 19.8 Å². The Balaban J connectivity index is 2.08. The van der Waals surface area contributed by atoms with E-state index < -0.39 is 0 Å². The predicted octanol–water partition coefficient (Wildman–Crippen LogP) is 1.60. The highest BCUT2D eigenvalue weighted by Crippen LogP contribution is 2.26. The molecule has 1 saturated carbocycles. The molecule has 112 valence electrons. The van der Waals surface area contributed by atoms with Crippen molar-refractivity contribution in [2.75, 3.05) is 17.3 Å². The Hall–Kier alpha value is -1.40. The van der Waals surface area contributed by atoms with Crippen LogP contribution in [0.3, 0.4) is 0 Å². The maximum atomic E-state index is 10.0. The SMILES string of the molecule is CCc1nc(NN)c(C)c(NCC2CCCCC2O)n1. The van der Waals surface area contributed by atoms with Gasteiger partial charge >= 0.3 is 0 Å². The summed E-state index contributed by atoms with van der Waals surface area (Å²) >= 11 is 0. The molecule has 6 nitrogen and oxygen atoms in total. The minimum absolute atomic E-state index is 0.198. The molecule has 0 bridgehead atoms. The van der Waals surface area contributed by atoms with Crippen molar-refractivity contribution in [3.8, 4) is 0 Å². The van der Waals surface area contributed by atoms with Gasteiger partial charge in [-0.2, -0.15) is 0 Å². The van der Waals surface area contributed by atoms with E-state index in [2.05, 4.69) is 20.7 Å². The fourth-order valence-electron chi connectivity index (χ4n) is 2.69. The lowest BCUT2D eigenvalue weighted by molar-refractivity contribution is 0.0763. The van der Waals surface area contributed by atoms with Crippen LogP contribution in [0.1, 0.15) is 44.0 Å². The lowest BCUT2D eigenvalue weighted by Gasteiger charge is -2.28. The van der Waals surface area contributed by atoms with Crippen LogP contribution in [-0.4, -0.2) is 27.7 Å². The smallest absolute Gasteiger partial charge is 0.148 e. The number of aliphatic hydroxyl groups is 1. The summed E-state index contributed by atoms with van der Waals surface area (Å²) in [6, 6.07) is 0. The zero-order valence-electron chi connectivity index (χ0n) is 12.3. The fraction of sp³-hybridized carbons (Fsp3) is 0.714. The molecule has 0 spiro atoms. The molecule has 0 aliphatic heterocycles. The van der Waals surface area contributed by atoms with E-state index in [0.29, 0.717) is 11.7 Å². The van der Waals surface area contributed by atoms with E-state index in [1.54, 1.807) is 0 Å². The van der Waals surface area contributed by atoms with Crippen LogP contribution in [0.25, 0.3) is 0 Å². The summed E-state index contributed by atoms with van der Waals surface area (Å²) in [5.74, 6) is 8.02. The van der Waals surface area contributed by atoms with Crippen LogP contribution >= 0.6 is 0 Å². The second-order valence-corrected chi connectivity index (χ2v) is 5.45. The minimum atomic E-state index is -0.198. The first-order valence-electron chi connectivity index (χ1n) is 7.41. The van der Waals surface area contributed by atoms with Crippen LogP contribution in [0.15, 0.2) is 0 Å². The Kier molecular flexibility index (Phi) is 5.14. The Labute approximate surface area is 120 Å². The van der Waals surface area contributed by atoms with Crippen LogP contribution in [0.5, 0.6) is 0 Å². The quantitative estimate of drug-likeness (QED) is 0.483. The van der Waals surface area contributed by atoms with E-state index >= 15 is 0 Å². The predicted molar refractivity (Wildman–Crippen MR) is 80.4 cm³/mol. The van der Waals surface area contributed by atoms with Crippen molar-refractivity contribution in [2.45, 2.75) is 52.1 Å². The highest BCUT2D eigenvalue weighted by Gasteiger charge is 2.23. The number of nitrogens with one attached hydrogen (secondary N) is 2. The Morgan fingerprint density at radius 2 is 1.95 bits per heavy atom. The van der Waals surface area contributed by atoms with Gasteiger partial charge in [-0.1, -0.05) is 19.8 Å². The molecule has 0 radical (unpaired) electrons. The van der Waals surface area contributed by atoms with E-state index in [1.807, 2.05) is 13.8 Å². The van der Waals surface area contributed by atoms with E-state index in [4.69, 9.17) is 5.84 Å². The normalized spacial score (nSPS) is 22.6. The number of hydrogen-bond acceptors (Lipinski definition) is 6. The second-order valence-electron chi connectivity index (χ2n) is 5.45. The van der Waals surface area contributed by atoms with Crippen LogP contribution in [0.2, 0.25) is 0 Å². The lowest BCUT2D eigenvalue weighted by atomic mass is 9.86. The van der Waals surface area contributed by atoms with Gasteiger partial charge in [0.2, 0.25) is 0 Å². The number of aromatic nitrogens is 2. The molecule has 1 fully saturated rings. The molecule has 1 aliphatic carbocycles. The van der Waals surface area contributed by atoms with Crippen molar-refractivity contribution >= 4 is 11.6 Å². The third-order valence-electron chi connectivity index (χ3n) is 4.05. The van der Waals surface area contributed by atoms with Crippen molar-refractivity contribution in [3.63, 3.8) is 0 Å². The summed E-state index contributed by atoms with van der Waals surface area (Å²) in [4.78, 5) is 8.85. The molecule has 0 saturated heterocycles. The van der Waals surface area contributed by atoms with Gasteiger partial charge < -0.3 is 15.8 Å². The average molecular weight is 279 g/mol. The van der Waals surface area contributed by atoms with E-state index in [-0.39, 0.29) is 6.10 Å². The molecular weight excluding hydrogens is 254 g/mol. The maximum absolute atomic E-state index is 10.0. The molecule has 2 rings (SSSR count). The number of hydrogen-bond donors (Lipinski definition) is 4. The Morgan fingerprint density at radius 1 is 1.25 bits per heavy atom. The second kappa shape index (κ2) is 6.85. The van der Waals surface area contributed by atoms with E-state index in [1.165, 1.54) is 6.42 Å². The van der Waals surface area contributed by atoms with Crippen LogP contribution in [-0.2, 0) is 6.42 Å². The molecule has 5 N–H and O–H groups in total. The van der Waals surface area contributed by atoms with Gasteiger partial charge in [0.25, 0.3) is 0 Å². The molecule has 2 atom stereocenters. The zero-order chi connectivity index (χ0) is 14.5. The number of aryl methyl sites for hydroxylation is 1. The monoisotopic (exact) mass is 279 g/mol. The zero-order valence-corrected chi connectivity index (χ0v) is 12.3. The number of aliphatic hydroxyl groups excluding tert-OH is 1. The molecule has 1 aromatic rings. The van der Waals surface area contributed by atoms with Gasteiger partial charge in [0.15, 0.2) is 0 Å². The van der Waals surface area contributed by atoms with Crippen molar-refractivity contribution in [3.05, 3.63) is 11.4 Å². The summed E-state index contributed by atoms with van der Waals surface area (Å²) in [6.07, 6.45) is 4.87. The first-order chi connectivity index (χ1) is 9.65. The molecule has 1 heterocycles. The average Bonchev–Trinajstić information content (AvgIpc) is 2.47. The Morgan fingerprint density at radius 3 is 2.60 bits per heavy atom. The molecular formula is C14H25N5O. The molecule has 6 heteroatoms.